The highest BCUT2D eigenvalue weighted by molar-refractivity contribution is 6.31. The van der Waals surface area contributed by atoms with Gasteiger partial charge < -0.3 is 10.2 Å². The van der Waals surface area contributed by atoms with Crippen molar-refractivity contribution < 1.29 is 0 Å². The second-order valence-corrected chi connectivity index (χ2v) is 6.05. The molecule has 1 aromatic rings. The van der Waals surface area contributed by atoms with E-state index in [1.807, 2.05) is 0 Å². The first-order chi connectivity index (χ1) is 9.20. The van der Waals surface area contributed by atoms with Gasteiger partial charge in [-0.1, -0.05) is 31.5 Å². The smallest absolute Gasteiger partial charge is 0.0471 e. The number of hydrogen-bond acceptors (Lipinski definition) is 2. The maximum absolute atomic E-state index is 6.40. The SMILES string of the molecule is CCCNCc1ccc(N2CCCC(C)C2)cc1Cl. The van der Waals surface area contributed by atoms with Crippen molar-refractivity contribution >= 4 is 17.3 Å². The molecule has 106 valence electrons. The van der Waals surface area contributed by atoms with Crippen LogP contribution in [0.3, 0.4) is 0 Å². The fraction of sp³-hybridized carbons (Fsp3) is 0.625. The summed E-state index contributed by atoms with van der Waals surface area (Å²) in [5.74, 6) is 0.790. The van der Waals surface area contributed by atoms with Crippen LogP contribution < -0.4 is 10.2 Å². The third-order valence-corrected chi connectivity index (χ3v) is 4.15. The number of nitrogens with one attached hydrogen (secondary N) is 1. The summed E-state index contributed by atoms with van der Waals surface area (Å²) < 4.78 is 0. The molecule has 0 aromatic heterocycles. The van der Waals surface area contributed by atoms with Crippen LogP contribution >= 0.6 is 11.6 Å². The Morgan fingerprint density at radius 1 is 1.42 bits per heavy atom. The number of rotatable bonds is 5. The Morgan fingerprint density at radius 3 is 2.95 bits per heavy atom. The van der Waals surface area contributed by atoms with Crippen LogP contribution in [-0.2, 0) is 6.54 Å². The molecule has 0 bridgehead atoms. The van der Waals surface area contributed by atoms with E-state index in [0.717, 1.165) is 43.5 Å². The Hall–Kier alpha value is -0.730. The quantitative estimate of drug-likeness (QED) is 0.818. The van der Waals surface area contributed by atoms with Gasteiger partial charge >= 0.3 is 0 Å². The van der Waals surface area contributed by atoms with E-state index in [1.165, 1.54) is 24.1 Å². The number of anilines is 1. The van der Waals surface area contributed by atoms with Crippen molar-refractivity contribution in [1.82, 2.24) is 5.32 Å². The number of benzene rings is 1. The number of nitrogens with zero attached hydrogens (tertiary/aromatic N) is 1. The molecule has 1 fully saturated rings. The molecule has 0 saturated carbocycles. The maximum Gasteiger partial charge on any atom is 0.0471 e. The second-order valence-electron chi connectivity index (χ2n) is 5.65. The molecule has 2 nitrogen and oxygen atoms in total. The van der Waals surface area contributed by atoms with Crippen LogP contribution in [0.5, 0.6) is 0 Å². The predicted molar refractivity (Wildman–Crippen MR) is 84.1 cm³/mol. The Kier molecular flexibility index (Phi) is 5.53. The molecule has 19 heavy (non-hydrogen) atoms. The molecular weight excluding hydrogens is 256 g/mol. The normalized spacial score (nSPS) is 19.7. The fourth-order valence-electron chi connectivity index (χ4n) is 2.70. The van der Waals surface area contributed by atoms with Crippen molar-refractivity contribution in [2.24, 2.45) is 5.92 Å². The lowest BCUT2D eigenvalue weighted by molar-refractivity contribution is 0.447. The van der Waals surface area contributed by atoms with Crippen LogP contribution in [-0.4, -0.2) is 19.6 Å². The zero-order chi connectivity index (χ0) is 13.7. The van der Waals surface area contributed by atoms with Gasteiger partial charge in [0.15, 0.2) is 0 Å². The summed E-state index contributed by atoms with van der Waals surface area (Å²) in [6.45, 7) is 8.73. The van der Waals surface area contributed by atoms with Crippen LogP contribution in [0.25, 0.3) is 0 Å². The Morgan fingerprint density at radius 2 is 2.26 bits per heavy atom. The van der Waals surface area contributed by atoms with Gasteiger partial charge in [-0.3, -0.25) is 0 Å². The predicted octanol–water partition coefficient (Wildman–Crippen LogP) is 4.08. The van der Waals surface area contributed by atoms with Crippen molar-refractivity contribution in [2.45, 2.75) is 39.7 Å². The van der Waals surface area contributed by atoms with E-state index in [0.29, 0.717) is 0 Å². The van der Waals surface area contributed by atoms with Crippen molar-refractivity contribution in [3.63, 3.8) is 0 Å². The van der Waals surface area contributed by atoms with Gasteiger partial charge in [0.1, 0.15) is 0 Å². The van der Waals surface area contributed by atoms with Gasteiger partial charge in [0, 0.05) is 30.3 Å². The van der Waals surface area contributed by atoms with Crippen LogP contribution in [0.2, 0.25) is 5.02 Å². The van der Waals surface area contributed by atoms with Crippen molar-refractivity contribution in [2.75, 3.05) is 24.5 Å². The van der Waals surface area contributed by atoms with E-state index in [4.69, 9.17) is 11.6 Å². The van der Waals surface area contributed by atoms with Gasteiger partial charge in [0.25, 0.3) is 0 Å². The van der Waals surface area contributed by atoms with E-state index >= 15 is 0 Å². The van der Waals surface area contributed by atoms with Crippen molar-refractivity contribution in [1.29, 1.82) is 0 Å². The minimum atomic E-state index is 0.790. The zero-order valence-electron chi connectivity index (χ0n) is 12.1. The average Bonchev–Trinajstić information content (AvgIpc) is 2.41. The highest BCUT2D eigenvalue weighted by Crippen LogP contribution is 2.27. The number of halogens is 1. The topological polar surface area (TPSA) is 15.3 Å². The molecule has 0 aliphatic carbocycles. The van der Waals surface area contributed by atoms with E-state index in [1.54, 1.807) is 0 Å². The molecule has 2 rings (SSSR count). The largest absolute Gasteiger partial charge is 0.371 e. The van der Waals surface area contributed by atoms with Crippen molar-refractivity contribution in [3.05, 3.63) is 28.8 Å². The maximum atomic E-state index is 6.40. The van der Waals surface area contributed by atoms with Gasteiger partial charge in [0.2, 0.25) is 0 Å². The highest BCUT2D eigenvalue weighted by atomic mass is 35.5. The minimum absolute atomic E-state index is 0.790. The molecule has 1 aromatic carbocycles. The Labute approximate surface area is 122 Å². The first-order valence-electron chi connectivity index (χ1n) is 7.44. The third kappa shape index (κ3) is 4.12. The minimum Gasteiger partial charge on any atom is -0.371 e. The molecule has 3 heteroatoms. The lowest BCUT2D eigenvalue weighted by atomic mass is 9.99. The van der Waals surface area contributed by atoms with Crippen LogP contribution in [0, 0.1) is 5.92 Å². The molecule has 0 amide bonds. The molecule has 1 unspecified atom stereocenters. The average molecular weight is 281 g/mol. The number of hydrogen-bond donors (Lipinski definition) is 1. The molecule has 0 radical (unpaired) electrons. The summed E-state index contributed by atoms with van der Waals surface area (Å²) in [4.78, 5) is 2.46. The van der Waals surface area contributed by atoms with E-state index in [2.05, 4.69) is 42.3 Å². The van der Waals surface area contributed by atoms with Gasteiger partial charge in [0.05, 0.1) is 0 Å². The molecule has 1 N–H and O–H groups in total. The van der Waals surface area contributed by atoms with Crippen LogP contribution in [0.15, 0.2) is 18.2 Å². The highest BCUT2D eigenvalue weighted by Gasteiger charge is 2.17. The molecular formula is C16H25ClN2. The third-order valence-electron chi connectivity index (χ3n) is 3.80. The second kappa shape index (κ2) is 7.16. The van der Waals surface area contributed by atoms with Crippen LogP contribution in [0.1, 0.15) is 38.7 Å². The lowest BCUT2D eigenvalue weighted by Gasteiger charge is -2.33. The van der Waals surface area contributed by atoms with E-state index < -0.39 is 0 Å². The Bertz CT molecular complexity index is 406. The van der Waals surface area contributed by atoms with Gasteiger partial charge in [-0.15, -0.1) is 0 Å². The van der Waals surface area contributed by atoms with Gasteiger partial charge in [-0.25, -0.2) is 0 Å². The summed E-state index contributed by atoms with van der Waals surface area (Å²) in [6, 6.07) is 6.51. The summed E-state index contributed by atoms with van der Waals surface area (Å²) in [6.07, 6.45) is 3.79. The molecule has 1 heterocycles. The first-order valence-corrected chi connectivity index (χ1v) is 7.82. The summed E-state index contributed by atoms with van der Waals surface area (Å²) >= 11 is 6.40. The zero-order valence-corrected chi connectivity index (χ0v) is 12.8. The standard InChI is InChI=1S/C16H25ClN2/c1-3-8-18-11-14-6-7-15(10-16(14)17)19-9-4-5-13(2)12-19/h6-7,10,13,18H,3-5,8-9,11-12H2,1-2H3. The summed E-state index contributed by atoms with van der Waals surface area (Å²) in [7, 11) is 0. The summed E-state index contributed by atoms with van der Waals surface area (Å²) in [5, 5.41) is 4.29. The molecule has 1 aliphatic heterocycles. The van der Waals surface area contributed by atoms with E-state index in [9.17, 15) is 0 Å². The molecule has 1 aliphatic rings. The van der Waals surface area contributed by atoms with E-state index in [-0.39, 0.29) is 0 Å². The number of piperidine rings is 1. The summed E-state index contributed by atoms with van der Waals surface area (Å²) in [5.41, 5.74) is 2.47. The van der Waals surface area contributed by atoms with Gasteiger partial charge in [-0.05, 0) is 49.4 Å². The molecule has 0 spiro atoms. The Balaban J connectivity index is 2.01. The van der Waals surface area contributed by atoms with Gasteiger partial charge in [-0.2, -0.15) is 0 Å². The lowest BCUT2D eigenvalue weighted by Crippen LogP contribution is -2.34. The van der Waals surface area contributed by atoms with Crippen LogP contribution in [0.4, 0.5) is 5.69 Å². The first kappa shape index (κ1) is 14.7. The molecule has 1 saturated heterocycles. The van der Waals surface area contributed by atoms with Crippen molar-refractivity contribution in [3.8, 4) is 0 Å². The fourth-order valence-corrected chi connectivity index (χ4v) is 2.94. The molecule has 1 atom stereocenters. The monoisotopic (exact) mass is 280 g/mol.